The molecule has 1 aliphatic carbocycles. The largest absolute Gasteiger partial charge is 0.396 e. The molecule has 1 aliphatic heterocycles. The summed E-state index contributed by atoms with van der Waals surface area (Å²) in [5, 5.41) is 12.9. The van der Waals surface area contributed by atoms with E-state index in [-0.39, 0.29) is 0 Å². The van der Waals surface area contributed by atoms with Gasteiger partial charge in [-0.2, -0.15) is 0 Å². The zero-order valence-corrected chi connectivity index (χ0v) is 10.2. The van der Waals surface area contributed by atoms with Gasteiger partial charge in [0.25, 0.3) is 0 Å². The predicted octanol–water partition coefficient (Wildman–Crippen LogP) is 1.70. The first-order valence-corrected chi connectivity index (χ1v) is 6.86. The monoisotopic (exact) mass is 227 g/mol. The van der Waals surface area contributed by atoms with Crippen molar-refractivity contribution < 1.29 is 9.84 Å². The van der Waals surface area contributed by atoms with Gasteiger partial charge in [-0.1, -0.05) is 12.8 Å². The molecule has 1 saturated heterocycles. The quantitative estimate of drug-likeness (QED) is 0.751. The van der Waals surface area contributed by atoms with Gasteiger partial charge < -0.3 is 15.2 Å². The van der Waals surface area contributed by atoms with Gasteiger partial charge in [0.1, 0.15) is 0 Å². The van der Waals surface area contributed by atoms with E-state index in [0.29, 0.717) is 24.7 Å². The standard InChI is InChI=1S/C13H25NO2/c15-10-11-4-1-2-6-13(11)14-8-7-12-5-3-9-16-12/h11-15H,1-10H2. The fourth-order valence-corrected chi connectivity index (χ4v) is 3.00. The van der Waals surface area contributed by atoms with Gasteiger partial charge in [-0.05, 0) is 44.6 Å². The van der Waals surface area contributed by atoms with Crippen LogP contribution >= 0.6 is 0 Å². The summed E-state index contributed by atoms with van der Waals surface area (Å²) < 4.78 is 5.61. The van der Waals surface area contributed by atoms with Gasteiger partial charge in [0.05, 0.1) is 6.10 Å². The first-order chi connectivity index (χ1) is 7.90. The normalized spacial score (nSPS) is 35.4. The van der Waals surface area contributed by atoms with Crippen LogP contribution in [0.25, 0.3) is 0 Å². The lowest BCUT2D eigenvalue weighted by atomic mass is 9.85. The zero-order chi connectivity index (χ0) is 11.2. The van der Waals surface area contributed by atoms with Crippen LogP contribution in [0.4, 0.5) is 0 Å². The molecular weight excluding hydrogens is 202 g/mol. The fraction of sp³-hybridized carbons (Fsp3) is 1.00. The first-order valence-electron chi connectivity index (χ1n) is 6.86. The molecule has 0 radical (unpaired) electrons. The van der Waals surface area contributed by atoms with E-state index < -0.39 is 0 Å². The number of rotatable bonds is 5. The summed E-state index contributed by atoms with van der Waals surface area (Å²) in [6.07, 6.45) is 9.11. The fourth-order valence-electron chi connectivity index (χ4n) is 3.00. The highest BCUT2D eigenvalue weighted by Gasteiger charge is 2.24. The molecule has 0 amide bonds. The van der Waals surface area contributed by atoms with Gasteiger partial charge in [-0.3, -0.25) is 0 Å². The van der Waals surface area contributed by atoms with Gasteiger partial charge >= 0.3 is 0 Å². The van der Waals surface area contributed by atoms with Crippen molar-refractivity contribution in [3.8, 4) is 0 Å². The second-order valence-corrected chi connectivity index (χ2v) is 5.21. The Morgan fingerprint density at radius 1 is 1.12 bits per heavy atom. The van der Waals surface area contributed by atoms with Crippen LogP contribution in [0.1, 0.15) is 44.9 Å². The van der Waals surface area contributed by atoms with Crippen molar-refractivity contribution in [3.63, 3.8) is 0 Å². The van der Waals surface area contributed by atoms with Crippen LogP contribution in [0, 0.1) is 5.92 Å². The molecule has 0 aromatic heterocycles. The third-order valence-electron chi connectivity index (χ3n) is 4.04. The molecule has 0 aromatic carbocycles. The molecule has 0 bridgehead atoms. The van der Waals surface area contributed by atoms with Crippen LogP contribution in [-0.4, -0.2) is 37.0 Å². The van der Waals surface area contributed by atoms with Crippen LogP contribution < -0.4 is 5.32 Å². The summed E-state index contributed by atoms with van der Waals surface area (Å²) in [5.41, 5.74) is 0. The third kappa shape index (κ3) is 3.44. The Bertz CT molecular complexity index is 192. The minimum absolute atomic E-state index is 0.345. The Balaban J connectivity index is 1.63. The topological polar surface area (TPSA) is 41.5 Å². The first kappa shape index (κ1) is 12.3. The highest BCUT2D eigenvalue weighted by atomic mass is 16.5. The van der Waals surface area contributed by atoms with Gasteiger partial charge in [-0.15, -0.1) is 0 Å². The second kappa shape index (κ2) is 6.58. The van der Waals surface area contributed by atoms with Gasteiger partial charge in [0, 0.05) is 19.3 Å². The van der Waals surface area contributed by atoms with E-state index in [2.05, 4.69) is 5.32 Å². The maximum Gasteiger partial charge on any atom is 0.0588 e. The highest BCUT2D eigenvalue weighted by molar-refractivity contribution is 4.81. The van der Waals surface area contributed by atoms with Crippen molar-refractivity contribution in [2.45, 2.75) is 57.1 Å². The van der Waals surface area contributed by atoms with E-state index in [1.807, 2.05) is 0 Å². The molecule has 3 heteroatoms. The van der Waals surface area contributed by atoms with E-state index in [0.717, 1.165) is 19.6 Å². The molecule has 3 nitrogen and oxygen atoms in total. The molecule has 3 unspecified atom stereocenters. The van der Waals surface area contributed by atoms with Crippen LogP contribution in [-0.2, 0) is 4.74 Å². The third-order valence-corrected chi connectivity index (χ3v) is 4.04. The minimum atomic E-state index is 0.345. The summed E-state index contributed by atoms with van der Waals surface area (Å²) in [5.74, 6) is 0.484. The molecule has 1 saturated carbocycles. The number of hydrogen-bond donors (Lipinski definition) is 2. The van der Waals surface area contributed by atoms with Gasteiger partial charge in [0.15, 0.2) is 0 Å². The molecule has 94 valence electrons. The maximum atomic E-state index is 9.31. The zero-order valence-electron chi connectivity index (χ0n) is 10.2. The van der Waals surface area contributed by atoms with Crippen LogP contribution in [0.3, 0.4) is 0 Å². The van der Waals surface area contributed by atoms with E-state index in [1.165, 1.54) is 38.5 Å². The smallest absolute Gasteiger partial charge is 0.0588 e. The van der Waals surface area contributed by atoms with Gasteiger partial charge in [-0.25, -0.2) is 0 Å². The summed E-state index contributed by atoms with van der Waals surface area (Å²) in [4.78, 5) is 0. The summed E-state index contributed by atoms with van der Waals surface area (Å²) >= 11 is 0. The number of hydrogen-bond acceptors (Lipinski definition) is 3. The summed E-state index contributed by atoms with van der Waals surface area (Å²) in [6.45, 7) is 2.34. The molecule has 2 aliphatic rings. The predicted molar refractivity (Wildman–Crippen MR) is 64.4 cm³/mol. The molecule has 2 fully saturated rings. The van der Waals surface area contributed by atoms with E-state index in [9.17, 15) is 5.11 Å². The van der Waals surface area contributed by atoms with Crippen LogP contribution in [0.15, 0.2) is 0 Å². The van der Waals surface area contributed by atoms with Crippen molar-refractivity contribution in [1.82, 2.24) is 5.32 Å². The van der Waals surface area contributed by atoms with Crippen molar-refractivity contribution in [2.24, 2.45) is 5.92 Å². The van der Waals surface area contributed by atoms with E-state index >= 15 is 0 Å². The molecular formula is C13H25NO2. The lowest BCUT2D eigenvalue weighted by Crippen LogP contribution is -2.41. The SMILES string of the molecule is OCC1CCCCC1NCCC1CCCO1. The molecule has 0 spiro atoms. The molecule has 16 heavy (non-hydrogen) atoms. The number of ether oxygens (including phenoxy) is 1. The summed E-state index contributed by atoms with van der Waals surface area (Å²) in [7, 11) is 0. The van der Waals surface area contributed by atoms with E-state index in [4.69, 9.17) is 4.74 Å². The number of nitrogens with one attached hydrogen (secondary N) is 1. The van der Waals surface area contributed by atoms with Gasteiger partial charge in [0.2, 0.25) is 0 Å². The Morgan fingerprint density at radius 2 is 2.00 bits per heavy atom. The second-order valence-electron chi connectivity index (χ2n) is 5.21. The average Bonchev–Trinajstić information content (AvgIpc) is 2.83. The molecule has 2 rings (SSSR count). The Labute approximate surface area is 98.6 Å². The van der Waals surface area contributed by atoms with Crippen molar-refractivity contribution in [1.29, 1.82) is 0 Å². The van der Waals surface area contributed by atoms with Crippen molar-refractivity contribution >= 4 is 0 Å². The average molecular weight is 227 g/mol. The van der Waals surface area contributed by atoms with Crippen LogP contribution in [0.2, 0.25) is 0 Å². The van der Waals surface area contributed by atoms with Crippen molar-refractivity contribution in [3.05, 3.63) is 0 Å². The van der Waals surface area contributed by atoms with Crippen LogP contribution in [0.5, 0.6) is 0 Å². The number of aliphatic hydroxyl groups is 1. The Morgan fingerprint density at radius 3 is 2.75 bits per heavy atom. The van der Waals surface area contributed by atoms with E-state index in [1.54, 1.807) is 0 Å². The molecule has 2 N–H and O–H groups in total. The maximum absolute atomic E-state index is 9.31. The lowest BCUT2D eigenvalue weighted by Gasteiger charge is -2.31. The Kier molecular flexibility index (Phi) is 5.07. The Hall–Kier alpha value is -0.120. The minimum Gasteiger partial charge on any atom is -0.396 e. The van der Waals surface area contributed by atoms with Crippen molar-refractivity contribution in [2.75, 3.05) is 19.8 Å². The summed E-state index contributed by atoms with van der Waals surface area (Å²) in [6, 6.07) is 0.542. The number of aliphatic hydroxyl groups excluding tert-OH is 1. The molecule has 3 atom stereocenters. The lowest BCUT2D eigenvalue weighted by molar-refractivity contribution is 0.0992. The molecule has 0 aromatic rings. The molecule has 1 heterocycles. The highest BCUT2D eigenvalue weighted by Crippen LogP contribution is 2.24.